The molecule has 0 atom stereocenters. The zero-order valence-electron chi connectivity index (χ0n) is 8.53. The highest BCUT2D eigenvalue weighted by atomic mass is 35.5. The number of rotatable bonds is 2. The van der Waals surface area contributed by atoms with Crippen LogP contribution in [0, 0.1) is 0 Å². The topological polar surface area (TPSA) is 41.0 Å². The Morgan fingerprint density at radius 2 is 1.80 bits per heavy atom. The Kier molecular flexibility index (Phi) is 2.70. The van der Waals surface area contributed by atoms with Gasteiger partial charge in [-0.15, -0.1) is 10.2 Å². The average Bonchev–Trinajstić information content (AvgIpc) is 2.22. The third kappa shape index (κ3) is 2.00. The second kappa shape index (κ2) is 4.00. The lowest BCUT2D eigenvalue weighted by Gasteiger charge is -2.13. The minimum absolute atomic E-state index is 0.426. The third-order valence-electron chi connectivity index (χ3n) is 1.97. The molecule has 0 unspecified atom stereocenters. The number of nitrogens with zero attached hydrogens (tertiary/aromatic N) is 3. The van der Waals surface area contributed by atoms with Gasteiger partial charge in [0, 0.05) is 24.9 Å². The molecule has 78 valence electrons. The van der Waals surface area contributed by atoms with E-state index in [1.807, 2.05) is 43.4 Å². The van der Waals surface area contributed by atoms with Crippen LogP contribution in [0.4, 0.5) is 5.82 Å². The molecule has 1 N–H and O–H groups in total. The Bertz CT molecular complexity index is 484. The van der Waals surface area contributed by atoms with Crippen LogP contribution in [-0.2, 0) is 0 Å². The highest BCUT2D eigenvalue weighted by Crippen LogP contribution is 2.25. The Balaban J connectivity index is 2.61. The van der Waals surface area contributed by atoms with Crippen molar-refractivity contribution in [3.8, 4) is 0 Å². The third-order valence-corrected chi connectivity index (χ3v) is 2.25. The van der Waals surface area contributed by atoms with E-state index in [1.54, 1.807) is 0 Å². The van der Waals surface area contributed by atoms with Crippen molar-refractivity contribution in [3.63, 3.8) is 0 Å². The van der Waals surface area contributed by atoms with Gasteiger partial charge in [0.1, 0.15) is 0 Å². The minimum atomic E-state index is 0.426. The predicted molar refractivity (Wildman–Crippen MR) is 61.9 cm³/mol. The van der Waals surface area contributed by atoms with E-state index in [4.69, 9.17) is 11.6 Å². The molecule has 0 saturated carbocycles. The first-order valence-corrected chi connectivity index (χ1v) is 4.91. The first kappa shape index (κ1) is 10.1. The Labute approximate surface area is 92.8 Å². The molecule has 0 aliphatic rings. The van der Waals surface area contributed by atoms with Crippen molar-refractivity contribution in [1.29, 1.82) is 0 Å². The molecule has 0 saturated heterocycles. The van der Waals surface area contributed by atoms with E-state index in [0.717, 1.165) is 10.8 Å². The maximum atomic E-state index is 5.95. The van der Waals surface area contributed by atoms with E-state index in [0.29, 0.717) is 11.0 Å². The summed E-state index contributed by atoms with van der Waals surface area (Å²) in [5, 5.41) is 12.0. The van der Waals surface area contributed by atoms with Crippen molar-refractivity contribution in [1.82, 2.24) is 15.2 Å². The summed E-state index contributed by atoms with van der Waals surface area (Å²) in [6.07, 6.45) is 0. The van der Waals surface area contributed by atoms with E-state index >= 15 is 0 Å². The number of hydrogen-bond donors (Lipinski definition) is 1. The van der Waals surface area contributed by atoms with Gasteiger partial charge >= 0.3 is 0 Å². The summed E-state index contributed by atoms with van der Waals surface area (Å²) in [5.41, 5.74) is 3.08. The molecule has 0 spiro atoms. The largest absolute Gasteiger partial charge is 0.302 e. The van der Waals surface area contributed by atoms with E-state index in [-0.39, 0.29) is 0 Å². The number of fused-ring (bicyclic) bond motifs is 1. The van der Waals surface area contributed by atoms with Crippen molar-refractivity contribution in [3.05, 3.63) is 29.4 Å². The smallest absolute Gasteiger partial charge is 0.171 e. The average molecular weight is 223 g/mol. The first-order valence-electron chi connectivity index (χ1n) is 4.53. The zero-order valence-corrected chi connectivity index (χ0v) is 9.28. The Morgan fingerprint density at radius 1 is 1.13 bits per heavy atom. The molecule has 0 radical (unpaired) electrons. The van der Waals surface area contributed by atoms with Gasteiger partial charge in [0.2, 0.25) is 0 Å². The van der Waals surface area contributed by atoms with Gasteiger partial charge in [-0.05, 0) is 0 Å². The van der Waals surface area contributed by atoms with Crippen molar-refractivity contribution in [2.75, 3.05) is 19.5 Å². The molecule has 2 rings (SSSR count). The maximum Gasteiger partial charge on any atom is 0.171 e. The molecule has 0 aliphatic heterocycles. The van der Waals surface area contributed by atoms with Crippen molar-refractivity contribution < 1.29 is 0 Å². The molecule has 5 heteroatoms. The lowest BCUT2D eigenvalue weighted by atomic mass is 10.2. The fourth-order valence-corrected chi connectivity index (χ4v) is 1.57. The highest BCUT2D eigenvalue weighted by molar-refractivity contribution is 6.34. The number of anilines is 1. The van der Waals surface area contributed by atoms with E-state index in [9.17, 15) is 0 Å². The summed E-state index contributed by atoms with van der Waals surface area (Å²) < 4.78 is 0. The van der Waals surface area contributed by atoms with Crippen molar-refractivity contribution in [2.24, 2.45) is 0 Å². The quantitative estimate of drug-likeness (QED) is 0.791. The standard InChI is InChI=1S/C10H11ClN4/c1-15(2)14-10-8-6-4-3-5-7(8)9(11)12-13-10/h3-6H,1-2H3,(H,13,14). The van der Waals surface area contributed by atoms with Crippen LogP contribution >= 0.6 is 11.6 Å². The van der Waals surface area contributed by atoms with Gasteiger partial charge in [-0.3, -0.25) is 0 Å². The summed E-state index contributed by atoms with van der Waals surface area (Å²) in [5.74, 6) is 0.708. The summed E-state index contributed by atoms with van der Waals surface area (Å²) >= 11 is 5.95. The van der Waals surface area contributed by atoms with Gasteiger partial charge < -0.3 is 5.43 Å². The number of halogens is 1. The molecule has 1 aromatic heterocycles. The van der Waals surface area contributed by atoms with Crippen molar-refractivity contribution in [2.45, 2.75) is 0 Å². The summed E-state index contributed by atoms with van der Waals surface area (Å²) in [4.78, 5) is 0. The van der Waals surface area contributed by atoms with Gasteiger partial charge in [0.05, 0.1) is 0 Å². The lowest BCUT2D eigenvalue weighted by molar-refractivity contribution is 0.492. The zero-order chi connectivity index (χ0) is 10.8. The number of benzene rings is 1. The van der Waals surface area contributed by atoms with Crippen LogP contribution in [-0.4, -0.2) is 29.3 Å². The van der Waals surface area contributed by atoms with E-state index in [1.165, 1.54) is 0 Å². The summed E-state index contributed by atoms with van der Waals surface area (Å²) in [7, 11) is 3.79. The molecule has 0 aliphatic carbocycles. The van der Waals surface area contributed by atoms with Crippen LogP contribution in [0.1, 0.15) is 0 Å². The van der Waals surface area contributed by atoms with Gasteiger partial charge in [0.15, 0.2) is 11.0 Å². The number of hydrogen-bond acceptors (Lipinski definition) is 4. The molecular weight excluding hydrogens is 212 g/mol. The van der Waals surface area contributed by atoms with E-state index < -0.39 is 0 Å². The molecule has 4 nitrogen and oxygen atoms in total. The monoisotopic (exact) mass is 222 g/mol. The fraction of sp³-hybridized carbons (Fsp3) is 0.200. The molecule has 0 amide bonds. The number of hydrazine groups is 1. The molecule has 0 bridgehead atoms. The normalized spacial score (nSPS) is 10.9. The highest BCUT2D eigenvalue weighted by Gasteiger charge is 2.06. The molecule has 0 fully saturated rings. The molecule has 15 heavy (non-hydrogen) atoms. The SMILES string of the molecule is CN(C)Nc1nnc(Cl)c2ccccc12. The summed E-state index contributed by atoms with van der Waals surface area (Å²) in [6.45, 7) is 0. The lowest BCUT2D eigenvalue weighted by Crippen LogP contribution is -2.20. The first-order chi connectivity index (χ1) is 7.18. The molecule has 1 heterocycles. The number of aromatic nitrogens is 2. The van der Waals surface area contributed by atoms with Crippen LogP contribution in [0.15, 0.2) is 24.3 Å². The Hall–Kier alpha value is -1.39. The van der Waals surface area contributed by atoms with Crippen LogP contribution in [0.3, 0.4) is 0 Å². The minimum Gasteiger partial charge on any atom is -0.302 e. The van der Waals surface area contributed by atoms with Gasteiger partial charge in [0.25, 0.3) is 0 Å². The van der Waals surface area contributed by atoms with Gasteiger partial charge in [-0.25, -0.2) is 5.01 Å². The van der Waals surface area contributed by atoms with Crippen LogP contribution in [0.5, 0.6) is 0 Å². The summed E-state index contributed by atoms with van der Waals surface area (Å²) in [6, 6.07) is 7.76. The second-order valence-electron chi connectivity index (χ2n) is 3.39. The Morgan fingerprint density at radius 3 is 2.47 bits per heavy atom. The molecule has 1 aromatic carbocycles. The van der Waals surface area contributed by atoms with Crippen molar-refractivity contribution >= 4 is 28.2 Å². The van der Waals surface area contributed by atoms with Gasteiger partial charge in [-0.1, -0.05) is 35.9 Å². The molecular formula is C10H11ClN4. The van der Waals surface area contributed by atoms with Gasteiger partial charge in [-0.2, -0.15) is 0 Å². The molecule has 2 aromatic rings. The second-order valence-corrected chi connectivity index (χ2v) is 3.75. The van der Waals surface area contributed by atoms with E-state index in [2.05, 4.69) is 15.6 Å². The predicted octanol–water partition coefficient (Wildman–Crippen LogP) is 2.17. The fourth-order valence-electron chi connectivity index (χ4n) is 1.37. The van der Waals surface area contributed by atoms with Crippen LogP contribution in [0.2, 0.25) is 5.15 Å². The maximum absolute atomic E-state index is 5.95. The van der Waals surface area contributed by atoms with Crippen LogP contribution < -0.4 is 5.43 Å². The number of nitrogens with one attached hydrogen (secondary N) is 1. The van der Waals surface area contributed by atoms with Crippen LogP contribution in [0.25, 0.3) is 10.8 Å².